The number of rotatable bonds is 6. The first-order valence-electron chi connectivity index (χ1n) is 6.96. The third-order valence-electron chi connectivity index (χ3n) is 2.85. The van der Waals surface area contributed by atoms with Crippen LogP contribution in [0.4, 0.5) is 13.2 Å². The van der Waals surface area contributed by atoms with Crippen LogP contribution in [0.25, 0.3) is 0 Å². The SMILES string of the molecule is C#CCN(CC(F)(F)F)C(=O)c1cccc(C(=O)NCCC)c1. The highest BCUT2D eigenvalue weighted by atomic mass is 19.4. The van der Waals surface area contributed by atoms with Gasteiger partial charge in [-0.2, -0.15) is 13.2 Å². The molecule has 1 N–H and O–H groups in total. The Morgan fingerprint density at radius 3 is 2.52 bits per heavy atom. The van der Waals surface area contributed by atoms with Crippen LogP contribution >= 0.6 is 0 Å². The fourth-order valence-corrected chi connectivity index (χ4v) is 1.84. The number of hydrogen-bond donors (Lipinski definition) is 1. The molecule has 1 aromatic rings. The number of alkyl halides is 3. The van der Waals surface area contributed by atoms with E-state index < -0.39 is 25.2 Å². The maximum atomic E-state index is 12.5. The number of carbonyl (C=O) groups is 2. The second kappa shape index (κ2) is 8.22. The van der Waals surface area contributed by atoms with Crippen molar-refractivity contribution in [2.24, 2.45) is 0 Å². The van der Waals surface area contributed by atoms with Crippen LogP contribution in [-0.2, 0) is 0 Å². The second-order valence-corrected chi connectivity index (χ2v) is 4.82. The molecule has 0 bridgehead atoms. The van der Waals surface area contributed by atoms with Crippen molar-refractivity contribution in [1.29, 1.82) is 0 Å². The van der Waals surface area contributed by atoms with Crippen molar-refractivity contribution in [3.63, 3.8) is 0 Å². The summed E-state index contributed by atoms with van der Waals surface area (Å²) in [5.41, 5.74) is 0.186. The number of halogens is 3. The molecule has 23 heavy (non-hydrogen) atoms. The summed E-state index contributed by atoms with van der Waals surface area (Å²) in [6.07, 6.45) is 1.21. The Bertz CT molecular complexity index is 606. The van der Waals surface area contributed by atoms with E-state index in [1.807, 2.05) is 12.8 Å². The molecule has 0 atom stereocenters. The molecule has 0 aliphatic heterocycles. The van der Waals surface area contributed by atoms with E-state index in [-0.39, 0.29) is 17.0 Å². The summed E-state index contributed by atoms with van der Waals surface area (Å²) < 4.78 is 37.6. The van der Waals surface area contributed by atoms with Crippen molar-refractivity contribution in [1.82, 2.24) is 10.2 Å². The van der Waals surface area contributed by atoms with Gasteiger partial charge in [-0.1, -0.05) is 18.9 Å². The molecular formula is C16H17F3N2O2. The molecule has 1 aromatic carbocycles. The molecule has 7 heteroatoms. The van der Waals surface area contributed by atoms with Crippen molar-refractivity contribution in [2.45, 2.75) is 19.5 Å². The molecule has 0 aliphatic carbocycles. The van der Waals surface area contributed by atoms with Gasteiger partial charge in [-0.05, 0) is 24.6 Å². The first-order chi connectivity index (χ1) is 10.8. The van der Waals surface area contributed by atoms with Crippen LogP contribution in [0.2, 0.25) is 0 Å². The first kappa shape index (κ1) is 18.6. The molecule has 0 aromatic heterocycles. The van der Waals surface area contributed by atoms with Gasteiger partial charge in [-0.15, -0.1) is 6.42 Å². The van der Waals surface area contributed by atoms with Crippen molar-refractivity contribution < 1.29 is 22.8 Å². The molecule has 0 unspecified atom stereocenters. The molecule has 1 rings (SSSR count). The molecule has 0 saturated heterocycles. The molecule has 0 heterocycles. The van der Waals surface area contributed by atoms with E-state index in [2.05, 4.69) is 5.32 Å². The molecule has 0 radical (unpaired) electrons. The van der Waals surface area contributed by atoms with Gasteiger partial charge in [0.25, 0.3) is 11.8 Å². The number of nitrogens with zero attached hydrogens (tertiary/aromatic N) is 1. The summed E-state index contributed by atoms with van der Waals surface area (Å²) >= 11 is 0. The minimum Gasteiger partial charge on any atom is -0.352 e. The average Bonchev–Trinajstić information content (AvgIpc) is 2.50. The van der Waals surface area contributed by atoms with Crippen LogP contribution in [0.1, 0.15) is 34.1 Å². The Labute approximate surface area is 132 Å². The van der Waals surface area contributed by atoms with Gasteiger partial charge in [0.1, 0.15) is 6.54 Å². The third-order valence-corrected chi connectivity index (χ3v) is 2.85. The quantitative estimate of drug-likeness (QED) is 0.817. The molecule has 4 nitrogen and oxygen atoms in total. The van der Waals surface area contributed by atoms with Crippen molar-refractivity contribution in [3.8, 4) is 12.3 Å². The van der Waals surface area contributed by atoms with E-state index in [1.54, 1.807) is 0 Å². The van der Waals surface area contributed by atoms with E-state index in [9.17, 15) is 22.8 Å². The van der Waals surface area contributed by atoms with Gasteiger partial charge in [0.05, 0.1) is 6.54 Å². The zero-order chi connectivity index (χ0) is 17.5. The van der Waals surface area contributed by atoms with Crippen LogP contribution in [0.3, 0.4) is 0 Å². The molecular weight excluding hydrogens is 309 g/mol. The van der Waals surface area contributed by atoms with Gasteiger partial charge < -0.3 is 10.2 Å². The van der Waals surface area contributed by atoms with Crippen molar-refractivity contribution in [3.05, 3.63) is 35.4 Å². The number of amides is 2. The summed E-state index contributed by atoms with van der Waals surface area (Å²) in [6, 6.07) is 5.53. The Balaban J connectivity index is 2.97. The fraction of sp³-hybridized carbons (Fsp3) is 0.375. The Morgan fingerprint density at radius 2 is 1.96 bits per heavy atom. The number of carbonyl (C=O) groups excluding carboxylic acids is 2. The standard InChI is InChI=1S/C16H17F3N2O2/c1-3-8-20-14(22)12-6-5-7-13(10-12)15(23)21(9-4-2)11-16(17,18)19/h2,5-7,10H,3,8-9,11H2,1H3,(H,20,22). The molecule has 2 amide bonds. The van der Waals surface area contributed by atoms with Crippen LogP contribution in [0, 0.1) is 12.3 Å². The van der Waals surface area contributed by atoms with Gasteiger partial charge in [0.15, 0.2) is 0 Å². The van der Waals surface area contributed by atoms with Gasteiger partial charge in [0.2, 0.25) is 0 Å². The predicted molar refractivity (Wildman–Crippen MR) is 79.9 cm³/mol. The monoisotopic (exact) mass is 326 g/mol. The molecule has 124 valence electrons. The maximum Gasteiger partial charge on any atom is 0.406 e. The summed E-state index contributed by atoms with van der Waals surface area (Å²) in [7, 11) is 0. The summed E-state index contributed by atoms with van der Waals surface area (Å²) in [5.74, 6) is 0.774. The van der Waals surface area contributed by atoms with E-state index in [1.165, 1.54) is 24.3 Å². The minimum absolute atomic E-state index is 0.0198. The predicted octanol–water partition coefficient (Wildman–Crippen LogP) is 2.46. The smallest absolute Gasteiger partial charge is 0.352 e. The van der Waals surface area contributed by atoms with Crippen molar-refractivity contribution >= 4 is 11.8 Å². The fourth-order valence-electron chi connectivity index (χ4n) is 1.84. The Morgan fingerprint density at radius 1 is 1.30 bits per heavy atom. The van der Waals surface area contributed by atoms with E-state index in [4.69, 9.17) is 6.42 Å². The lowest BCUT2D eigenvalue weighted by atomic mass is 10.1. The molecule has 0 saturated carbocycles. The van der Waals surface area contributed by atoms with Crippen LogP contribution in [0.15, 0.2) is 24.3 Å². The normalized spacial score (nSPS) is 10.7. The molecule has 0 fully saturated rings. The number of terminal acetylenes is 1. The van der Waals surface area contributed by atoms with Crippen LogP contribution in [-0.4, -0.2) is 42.5 Å². The highest BCUT2D eigenvalue weighted by Gasteiger charge is 2.33. The van der Waals surface area contributed by atoms with E-state index in [0.717, 1.165) is 6.42 Å². The largest absolute Gasteiger partial charge is 0.406 e. The molecule has 0 aliphatic rings. The third kappa shape index (κ3) is 6.02. The van der Waals surface area contributed by atoms with Gasteiger partial charge >= 0.3 is 6.18 Å². The summed E-state index contributed by atoms with van der Waals surface area (Å²) in [5, 5.41) is 2.63. The number of nitrogens with one attached hydrogen (secondary N) is 1. The number of hydrogen-bond acceptors (Lipinski definition) is 2. The lowest BCUT2D eigenvalue weighted by Crippen LogP contribution is -2.39. The highest BCUT2D eigenvalue weighted by molar-refractivity contribution is 5.99. The molecule has 0 spiro atoms. The van der Waals surface area contributed by atoms with Gasteiger partial charge in [-0.25, -0.2) is 0 Å². The summed E-state index contributed by atoms with van der Waals surface area (Å²) in [6.45, 7) is 0.441. The Hall–Kier alpha value is -2.49. The zero-order valence-electron chi connectivity index (χ0n) is 12.6. The van der Waals surface area contributed by atoms with Gasteiger partial charge in [0, 0.05) is 17.7 Å². The van der Waals surface area contributed by atoms with E-state index in [0.29, 0.717) is 11.4 Å². The second-order valence-electron chi connectivity index (χ2n) is 4.82. The lowest BCUT2D eigenvalue weighted by Gasteiger charge is -2.22. The zero-order valence-corrected chi connectivity index (χ0v) is 12.6. The summed E-state index contributed by atoms with van der Waals surface area (Å²) in [4.78, 5) is 24.6. The minimum atomic E-state index is -4.55. The Kier molecular flexibility index (Phi) is 6.64. The van der Waals surface area contributed by atoms with Crippen molar-refractivity contribution in [2.75, 3.05) is 19.6 Å². The van der Waals surface area contributed by atoms with E-state index >= 15 is 0 Å². The lowest BCUT2D eigenvalue weighted by molar-refractivity contribution is -0.139. The topological polar surface area (TPSA) is 49.4 Å². The number of benzene rings is 1. The van der Waals surface area contributed by atoms with Gasteiger partial charge in [-0.3, -0.25) is 9.59 Å². The van der Waals surface area contributed by atoms with Crippen LogP contribution < -0.4 is 5.32 Å². The first-order valence-corrected chi connectivity index (χ1v) is 6.96. The maximum absolute atomic E-state index is 12.5. The van der Waals surface area contributed by atoms with Crippen LogP contribution in [0.5, 0.6) is 0 Å². The highest BCUT2D eigenvalue weighted by Crippen LogP contribution is 2.18. The average molecular weight is 326 g/mol.